The van der Waals surface area contributed by atoms with Crippen LogP contribution in [0, 0.1) is 0 Å². The van der Waals surface area contributed by atoms with Gasteiger partial charge >= 0.3 is 0 Å². The highest BCUT2D eigenvalue weighted by Gasteiger charge is 2.17. The lowest BCUT2D eigenvalue weighted by Gasteiger charge is -2.33. The summed E-state index contributed by atoms with van der Waals surface area (Å²) >= 11 is 0. The minimum atomic E-state index is 0. The predicted octanol–water partition coefficient (Wildman–Crippen LogP) is 1.06. The maximum absolute atomic E-state index is 2.28. The first-order chi connectivity index (χ1) is 4.34. The van der Waals surface area contributed by atoms with E-state index in [0.717, 1.165) is 11.0 Å². The maximum Gasteiger partial charge on any atom is 0.0984 e. The molecule has 0 aliphatic heterocycles. The summed E-state index contributed by atoms with van der Waals surface area (Å²) in [5.41, 5.74) is 0. The van der Waals surface area contributed by atoms with E-state index in [9.17, 15) is 0 Å². The number of hydrogen-bond acceptors (Lipinski definition) is 1. The lowest BCUT2D eigenvalue weighted by Crippen LogP contribution is -2.48. The summed E-state index contributed by atoms with van der Waals surface area (Å²) in [6.45, 7) is 3.43. The van der Waals surface area contributed by atoms with Crippen LogP contribution in [0.25, 0.3) is 0 Å². The molecule has 0 amide bonds. The van der Waals surface area contributed by atoms with Crippen molar-refractivity contribution < 1.29 is 4.48 Å². The average molecular weight is 182 g/mol. The number of likely N-dealkylation sites (N-methyl/N-ethyl adjacent to an activating group) is 2. The Morgan fingerprint density at radius 2 is 1.55 bits per heavy atom. The summed E-state index contributed by atoms with van der Waals surface area (Å²) in [6, 6.07) is 0.704. The molecule has 0 aliphatic rings. The van der Waals surface area contributed by atoms with Crippen LogP contribution in [0.5, 0.6) is 0 Å². The molecule has 0 aromatic rings. The van der Waals surface area contributed by atoms with Crippen LogP contribution in [0.1, 0.15) is 6.92 Å². The minimum absolute atomic E-state index is 0. The summed E-state index contributed by atoms with van der Waals surface area (Å²) in [5.74, 6) is 0. The van der Waals surface area contributed by atoms with Gasteiger partial charge < -0.3 is 9.38 Å². The van der Waals surface area contributed by atoms with Crippen LogP contribution in [-0.2, 0) is 0 Å². The van der Waals surface area contributed by atoms with Gasteiger partial charge in [-0.05, 0) is 21.0 Å². The second-order valence-electron chi connectivity index (χ2n) is 4.23. The Hall–Kier alpha value is 0.210. The highest BCUT2D eigenvalue weighted by molar-refractivity contribution is 5.85. The number of halogens is 1. The quantitative estimate of drug-likeness (QED) is 0.589. The van der Waals surface area contributed by atoms with Gasteiger partial charge in [-0.3, -0.25) is 0 Å². The van der Waals surface area contributed by atoms with Crippen LogP contribution < -0.4 is 0 Å². The molecule has 1 atom stereocenters. The van der Waals surface area contributed by atoms with Crippen LogP contribution in [0.4, 0.5) is 0 Å². The maximum atomic E-state index is 2.28. The Bertz CT molecular complexity index is 96.8. The van der Waals surface area contributed by atoms with Crippen molar-refractivity contribution in [2.75, 3.05) is 41.8 Å². The van der Waals surface area contributed by atoms with E-state index in [-0.39, 0.29) is 12.4 Å². The van der Waals surface area contributed by atoms with Crippen molar-refractivity contribution >= 4 is 12.4 Å². The van der Waals surface area contributed by atoms with Gasteiger partial charge in [0.15, 0.2) is 0 Å². The number of rotatable bonds is 3. The van der Waals surface area contributed by atoms with Gasteiger partial charge in [-0.2, -0.15) is 0 Å². The molecule has 0 aromatic heterocycles. The summed E-state index contributed by atoms with van der Waals surface area (Å²) < 4.78 is 1.04. The number of hydrogen-bond donors (Lipinski definition) is 0. The van der Waals surface area contributed by atoms with Gasteiger partial charge in [0, 0.05) is 6.54 Å². The van der Waals surface area contributed by atoms with Crippen molar-refractivity contribution in [2.24, 2.45) is 0 Å². The molecule has 0 spiro atoms. The highest BCUT2D eigenvalue weighted by Crippen LogP contribution is 2.01. The Balaban J connectivity index is 0. The summed E-state index contributed by atoms with van der Waals surface area (Å²) in [6.07, 6.45) is 0. The first-order valence-corrected chi connectivity index (χ1v) is 3.80. The smallest absolute Gasteiger partial charge is 0.0984 e. The van der Waals surface area contributed by atoms with Crippen LogP contribution in [0.2, 0.25) is 0 Å². The summed E-state index contributed by atoms with van der Waals surface area (Å²) in [5, 5.41) is 0. The highest BCUT2D eigenvalue weighted by atomic mass is 35.5. The van der Waals surface area contributed by atoms with Crippen molar-refractivity contribution in [3.05, 3.63) is 0 Å². The monoisotopic (exact) mass is 181 g/mol. The second-order valence-corrected chi connectivity index (χ2v) is 4.23. The molecule has 0 aliphatic carbocycles. The Labute approximate surface area is 77.2 Å². The third-order valence-electron chi connectivity index (χ3n) is 1.95. The number of quaternary nitrogens is 1. The third-order valence-corrected chi connectivity index (χ3v) is 1.95. The lowest BCUT2D eigenvalue weighted by molar-refractivity contribution is -0.893. The zero-order valence-corrected chi connectivity index (χ0v) is 9.40. The minimum Gasteiger partial charge on any atom is -0.328 e. The molecule has 0 radical (unpaired) electrons. The molecule has 0 N–H and O–H groups in total. The molecule has 0 aromatic carbocycles. The second kappa shape index (κ2) is 4.96. The molecular formula is C8H22ClN2+. The van der Waals surface area contributed by atoms with Crippen molar-refractivity contribution in [1.29, 1.82) is 0 Å². The van der Waals surface area contributed by atoms with Crippen molar-refractivity contribution in [1.82, 2.24) is 4.90 Å². The average Bonchev–Trinajstić information content (AvgIpc) is 1.60. The van der Waals surface area contributed by atoms with Crippen LogP contribution in [0.3, 0.4) is 0 Å². The fourth-order valence-corrected chi connectivity index (χ4v) is 0.773. The fourth-order valence-electron chi connectivity index (χ4n) is 0.773. The topological polar surface area (TPSA) is 3.24 Å². The molecule has 70 valence electrons. The largest absolute Gasteiger partial charge is 0.328 e. The van der Waals surface area contributed by atoms with E-state index in [4.69, 9.17) is 0 Å². The molecule has 2 nitrogen and oxygen atoms in total. The molecule has 0 bridgehead atoms. The molecule has 3 heteroatoms. The molecule has 0 heterocycles. The molecule has 1 unspecified atom stereocenters. The molecule has 11 heavy (non-hydrogen) atoms. The molecule has 0 rings (SSSR count). The van der Waals surface area contributed by atoms with Crippen LogP contribution in [0.15, 0.2) is 0 Å². The van der Waals surface area contributed by atoms with Crippen LogP contribution >= 0.6 is 12.4 Å². The van der Waals surface area contributed by atoms with E-state index in [1.807, 2.05) is 0 Å². The van der Waals surface area contributed by atoms with Crippen LogP contribution in [-0.4, -0.2) is 57.2 Å². The Morgan fingerprint density at radius 1 is 1.18 bits per heavy atom. The van der Waals surface area contributed by atoms with Gasteiger partial charge in [0.25, 0.3) is 0 Å². The third kappa shape index (κ3) is 6.60. The van der Waals surface area contributed by atoms with Gasteiger partial charge in [-0.25, -0.2) is 0 Å². The van der Waals surface area contributed by atoms with Crippen molar-refractivity contribution in [3.8, 4) is 0 Å². The standard InChI is InChI=1S/C8H21N2.ClH/c1-8(7-9(2)3)10(4,5)6;/h8H,7H2,1-6H3;1H/q+1;. The molecule has 0 fully saturated rings. The van der Waals surface area contributed by atoms with Gasteiger partial charge in [-0.1, -0.05) is 0 Å². The van der Waals surface area contributed by atoms with E-state index in [1.165, 1.54) is 0 Å². The Morgan fingerprint density at radius 3 is 1.64 bits per heavy atom. The molecule has 0 saturated heterocycles. The molecular weight excluding hydrogens is 160 g/mol. The van der Waals surface area contributed by atoms with E-state index < -0.39 is 0 Å². The SMILES string of the molecule is CC(CN(C)C)[N+](C)(C)C.Cl. The zero-order chi connectivity index (χ0) is 8.36. The normalized spacial score (nSPS) is 14.5. The first-order valence-electron chi connectivity index (χ1n) is 3.80. The van der Waals surface area contributed by atoms with E-state index in [2.05, 4.69) is 47.1 Å². The predicted molar refractivity (Wildman–Crippen MR) is 53.3 cm³/mol. The van der Waals surface area contributed by atoms with Crippen molar-refractivity contribution in [2.45, 2.75) is 13.0 Å². The van der Waals surface area contributed by atoms with Gasteiger partial charge in [0.05, 0.1) is 27.2 Å². The number of nitrogens with zero attached hydrogens (tertiary/aromatic N) is 2. The van der Waals surface area contributed by atoms with E-state index >= 15 is 0 Å². The molecule has 0 saturated carbocycles. The Kier molecular flexibility index (Phi) is 6.22. The summed E-state index contributed by atoms with van der Waals surface area (Å²) in [4.78, 5) is 2.23. The first kappa shape index (κ1) is 13.8. The van der Waals surface area contributed by atoms with Gasteiger partial charge in [0.1, 0.15) is 0 Å². The van der Waals surface area contributed by atoms with E-state index in [1.54, 1.807) is 0 Å². The van der Waals surface area contributed by atoms with Gasteiger partial charge in [0.2, 0.25) is 0 Å². The van der Waals surface area contributed by atoms with Gasteiger partial charge in [-0.15, -0.1) is 12.4 Å². The van der Waals surface area contributed by atoms with Crippen molar-refractivity contribution in [3.63, 3.8) is 0 Å². The summed E-state index contributed by atoms with van der Waals surface area (Å²) in [7, 11) is 10.9. The lowest BCUT2D eigenvalue weighted by atomic mass is 10.2. The van der Waals surface area contributed by atoms with E-state index in [0.29, 0.717) is 6.04 Å². The fraction of sp³-hybridized carbons (Fsp3) is 1.00. The zero-order valence-electron chi connectivity index (χ0n) is 8.59.